The summed E-state index contributed by atoms with van der Waals surface area (Å²) in [5, 5.41) is 11.6. The molecule has 7 nitrogen and oxygen atoms in total. The lowest BCUT2D eigenvalue weighted by Gasteiger charge is -2.25. The van der Waals surface area contributed by atoms with E-state index in [1.54, 1.807) is 14.1 Å². The van der Waals surface area contributed by atoms with Crippen LogP contribution < -0.4 is 5.32 Å². The Morgan fingerprint density at radius 2 is 1.90 bits per heavy atom. The van der Waals surface area contributed by atoms with E-state index in [2.05, 4.69) is 5.32 Å². The molecule has 0 fully saturated rings. The Kier molecular flexibility index (Phi) is 9.60. The quantitative estimate of drug-likeness (QED) is 0.653. The summed E-state index contributed by atoms with van der Waals surface area (Å²) in [7, 11) is 3.23. The third-order valence-electron chi connectivity index (χ3n) is 2.81. The van der Waals surface area contributed by atoms with Crippen molar-refractivity contribution < 1.29 is 19.5 Å². The number of aliphatic carboxylic acids is 1. The number of carboxylic acid groups (broad SMARTS) is 1. The van der Waals surface area contributed by atoms with Crippen LogP contribution in [0.4, 0.5) is 4.79 Å². The van der Waals surface area contributed by atoms with Gasteiger partial charge in [0.15, 0.2) is 0 Å². The van der Waals surface area contributed by atoms with Crippen LogP contribution >= 0.6 is 11.8 Å². The first kappa shape index (κ1) is 19.6. The van der Waals surface area contributed by atoms with Crippen LogP contribution in [0.2, 0.25) is 0 Å². The number of thioether (sulfide) groups is 1. The minimum absolute atomic E-state index is 0.0540. The van der Waals surface area contributed by atoms with E-state index in [1.807, 2.05) is 13.2 Å². The van der Waals surface area contributed by atoms with Crippen LogP contribution in [0.15, 0.2) is 0 Å². The van der Waals surface area contributed by atoms with Gasteiger partial charge in [0.25, 0.3) is 0 Å². The molecule has 2 N–H and O–H groups in total. The fourth-order valence-electron chi connectivity index (χ4n) is 1.56. The Morgan fingerprint density at radius 3 is 2.33 bits per heavy atom. The third kappa shape index (κ3) is 7.79. The molecule has 0 aromatic heterocycles. The standard InChI is InChI=1S/C13H25N3O4S/c1-5-7-16(9-11(17)15(2)3)13(20)14-10(12(18)19)6-8-21-4/h10H,5-9H2,1-4H3,(H,14,20)(H,18,19). The molecular formula is C13H25N3O4S. The molecule has 1 unspecified atom stereocenters. The van der Waals surface area contributed by atoms with Crippen molar-refractivity contribution in [1.29, 1.82) is 0 Å². The van der Waals surface area contributed by atoms with Crippen LogP contribution in [-0.2, 0) is 9.59 Å². The maximum atomic E-state index is 12.1. The fourth-order valence-corrected chi connectivity index (χ4v) is 2.03. The van der Waals surface area contributed by atoms with Gasteiger partial charge in [-0.2, -0.15) is 11.8 Å². The molecule has 3 amide bonds. The number of carboxylic acids is 1. The number of hydrogen-bond donors (Lipinski definition) is 2. The summed E-state index contributed by atoms with van der Waals surface area (Å²) in [5.41, 5.74) is 0. The Hall–Kier alpha value is -1.44. The van der Waals surface area contributed by atoms with E-state index in [0.717, 1.165) is 0 Å². The number of rotatable bonds is 9. The highest BCUT2D eigenvalue weighted by molar-refractivity contribution is 7.98. The van der Waals surface area contributed by atoms with E-state index in [1.165, 1.54) is 21.6 Å². The highest BCUT2D eigenvalue weighted by Gasteiger charge is 2.24. The number of urea groups is 1. The van der Waals surface area contributed by atoms with Gasteiger partial charge in [-0.15, -0.1) is 0 Å². The zero-order chi connectivity index (χ0) is 16.4. The van der Waals surface area contributed by atoms with Crippen molar-refractivity contribution in [2.75, 3.05) is 39.2 Å². The molecule has 0 aliphatic heterocycles. The lowest BCUT2D eigenvalue weighted by Crippen LogP contribution is -2.50. The summed E-state index contributed by atoms with van der Waals surface area (Å²) < 4.78 is 0. The lowest BCUT2D eigenvalue weighted by molar-refractivity contribution is -0.139. The van der Waals surface area contributed by atoms with Gasteiger partial charge in [0.1, 0.15) is 12.6 Å². The molecule has 0 bridgehead atoms. The first-order chi connectivity index (χ1) is 9.83. The van der Waals surface area contributed by atoms with Gasteiger partial charge in [-0.1, -0.05) is 6.92 Å². The normalized spacial score (nSPS) is 11.6. The second-order valence-electron chi connectivity index (χ2n) is 4.83. The summed E-state index contributed by atoms with van der Waals surface area (Å²) in [4.78, 5) is 37.7. The zero-order valence-corrected chi connectivity index (χ0v) is 13.9. The molecule has 21 heavy (non-hydrogen) atoms. The summed E-state index contributed by atoms with van der Waals surface area (Å²) >= 11 is 1.52. The minimum atomic E-state index is -1.06. The molecular weight excluding hydrogens is 294 g/mol. The van der Waals surface area contributed by atoms with Gasteiger partial charge < -0.3 is 20.2 Å². The van der Waals surface area contributed by atoms with Crippen LogP contribution in [0.25, 0.3) is 0 Å². The highest BCUT2D eigenvalue weighted by Crippen LogP contribution is 2.03. The molecule has 0 radical (unpaired) electrons. The molecule has 0 heterocycles. The van der Waals surface area contributed by atoms with E-state index < -0.39 is 18.0 Å². The topological polar surface area (TPSA) is 90.0 Å². The molecule has 0 rings (SSSR count). The van der Waals surface area contributed by atoms with E-state index in [0.29, 0.717) is 25.1 Å². The van der Waals surface area contributed by atoms with E-state index in [-0.39, 0.29) is 12.5 Å². The van der Waals surface area contributed by atoms with Gasteiger partial charge in [0.05, 0.1) is 0 Å². The molecule has 122 valence electrons. The molecule has 8 heteroatoms. The van der Waals surface area contributed by atoms with Gasteiger partial charge in [-0.05, 0) is 24.9 Å². The molecule has 0 aliphatic carbocycles. The second kappa shape index (κ2) is 10.3. The predicted octanol–water partition coefficient (Wildman–Crippen LogP) is 0.703. The predicted molar refractivity (Wildman–Crippen MR) is 83.5 cm³/mol. The van der Waals surface area contributed by atoms with E-state index in [9.17, 15) is 14.4 Å². The largest absolute Gasteiger partial charge is 0.480 e. The van der Waals surface area contributed by atoms with Gasteiger partial charge in [0.2, 0.25) is 5.91 Å². The Bertz CT molecular complexity index is 363. The number of nitrogens with zero attached hydrogens (tertiary/aromatic N) is 2. The fraction of sp³-hybridized carbons (Fsp3) is 0.769. The van der Waals surface area contributed by atoms with Crippen LogP contribution in [0.1, 0.15) is 19.8 Å². The number of amides is 3. The smallest absolute Gasteiger partial charge is 0.326 e. The Morgan fingerprint density at radius 1 is 1.29 bits per heavy atom. The van der Waals surface area contributed by atoms with Crippen molar-refractivity contribution >= 4 is 29.7 Å². The van der Waals surface area contributed by atoms with Crippen molar-refractivity contribution in [3.63, 3.8) is 0 Å². The molecule has 0 aromatic rings. The number of nitrogens with one attached hydrogen (secondary N) is 1. The summed E-state index contributed by atoms with van der Waals surface area (Å²) in [5.74, 6) is -0.621. The van der Waals surface area contributed by atoms with Crippen molar-refractivity contribution in [3.8, 4) is 0 Å². The van der Waals surface area contributed by atoms with Crippen molar-refractivity contribution in [2.45, 2.75) is 25.8 Å². The molecule has 0 saturated carbocycles. The van der Waals surface area contributed by atoms with Gasteiger partial charge >= 0.3 is 12.0 Å². The Balaban J connectivity index is 4.70. The number of likely N-dealkylation sites (N-methyl/N-ethyl adjacent to an activating group) is 1. The average Bonchev–Trinajstić information content (AvgIpc) is 2.41. The second-order valence-corrected chi connectivity index (χ2v) is 5.82. The van der Waals surface area contributed by atoms with E-state index >= 15 is 0 Å². The maximum absolute atomic E-state index is 12.1. The Labute approximate surface area is 130 Å². The van der Waals surface area contributed by atoms with Crippen LogP contribution in [0.3, 0.4) is 0 Å². The molecule has 0 saturated heterocycles. The summed E-state index contributed by atoms with van der Waals surface area (Å²) in [6.07, 6.45) is 2.92. The van der Waals surface area contributed by atoms with Gasteiger partial charge in [-0.3, -0.25) is 4.79 Å². The van der Waals surface area contributed by atoms with Gasteiger partial charge in [-0.25, -0.2) is 9.59 Å². The van der Waals surface area contributed by atoms with Crippen molar-refractivity contribution in [2.24, 2.45) is 0 Å². The lowest BCUT2D eigenvalue weighted by atomic mass is 10.2. The summed E-state index contributed by atoms with van der Waals surface area (Å²) in [6, 6.07) is -1.45. The summed E-state index contributed by atoms with van der Waals surface area (Å²) in [6.45, 7) is 2.24. The zero-order valence-electron chi connectivity index (χ0n) is 13.1. The maximum Gasteiger partial charge on any atom is 0.326 e. The number of carbonyl (C=O) groups is 3. The first-order valence-corrected chi connectivity index (χ1v) is 8.20. The monoisotopic (exact) mass is 319 g/mol. The average molecular weight is 319 g/mol. The van der Waals surface area contributed by atoms with Gasteiger partial charge in [0, 0.05) is 20.6 Å². The van der Waals surface area contributed by atoms with Crippen molar-refractivity contribution in [1.82, 2.24) is 15.1 Å². The molecule has 1 atom stereocenters. The first-order valence-electron chi connectivity index (χ1n) is 6.80. The minimum Gasteiger partial charge on any atom is -0.480 e. The van der Waals surface area contributed by atoms with Crippen LogP contribution in [0, 0.1) is 0 Å². The molecule has 0 aromatic carbocycles. The van der Waals surface area contributed by atoms with E-state index in [4.69, 9.17) is 5.11 Å². The number of carbonyl (C=O) groups excluding carboxylic acids is 2. The third-order valence-corrected chi connectivity index (χ3v) is 3.46. The molecule has 0 spiro atoms. The molecule has 0 aliphatic rings. The van der Waals surface area contributed by atoms with Crippen LogP contribution in [-0.4, -0.2) is 78.0 Å². The highest BCUT2D eigenvalue weighted by atomic mass is 32.2. The van der Waals surface area contributed by atoms with Crippen molar-refractivity contribution in [3.05, 3.63) is 0 Å². The van der Waals surface area contributed by atoms with Crippen LogP contribution in [0.5, 0.6) is 0 Å². The number of hydrogen-bond acceptors (Lipinski definition) is 4. The SMILES string of the molecule is CCCN(CC(=O)N(C)C)C(=O)NC(CCSC)C(=O)O.